The molecule has 0 saturated heterocycles. The van der Waals surface area contributed by atoms with E-state index in [2.05, 4.69) is 40.8 Å². The quantitative estimate of drug-likeness (QED) is 0.285. The van der Waals surface area contributed by atoms with Gasteiger partial charge >= 0.3 is 6.01 Å². The first-order chi connectivity index (χ1) is 17.4. The van der Waals surface area contributed by atoms with Crippen molar-refractivity contribution in [1.82, 2.24) is 29.5 Å². The van der Waals surface area contributed by atoms with Gasteiger partial charge in [-0.25, -0.2) is 29.3 Å². The maximum Gasteiger partial charge on any atom is 0.322 e. The van der Waals surface area contributed by atoms with Crippen LogP contribution < -0.4 is 16.2 Å². The summed E-state index contributed by atoms with van der Waals surface area (Å²) in [4.78, 5) is 21.0. The number of aromatic nitrogens is 6. The molecule has 2 aromatic carbocycles. The van der Waals surface area contributed by atoms with Crippen LogP contribution in [0.1, 0.15) is 5.69 Å². The van der Waals surface area contributed by atoms with Gasteiger partial charge in [-0.1, -0.05) is 0 Å². The number of nitrogen functional groups attached to an aromatic ring is 2. The van der Waals surface area contributed by atoms with Gasteiger partial charge in [-0.05, 0) is 53.2 Å². The molecule has 178 valence electrons. The zero-order chi connectivity index (χ0) is 25.0. The van der Waals surface area contributed by atoms with Crippen LogP contribution in [0.4, 0.5) is 15.9 Å². The predicted octanol–water partition coefficient (Wildman–Crippen LogP) is 5.19. The zero-order valence-corrected chi connectivity index (χ0v) is 20.2. The third-order valence-electron chi connectivity index (χ3n) is 5.63. The fourth-order valence-electron chi connectivity index (χ4n) is 4.03. The highest BCUT2D eigenvalue weighted by Crippen LogP contribution is 2.43. The molecule has 0 unspecified atom stereocenters. The summed E-state index contributed by atoms with van der Waals surface area (Å²) in [7, 11) is 0. The molecule has 6 rings (SSSR count). The number of nitrogens with two attached hydrogens (primary N) is 2. The van der Waals surface area contributed by atoms with Crippen LogP contribution in [0.2, 0.25) is 0 Å². The average molecular weight is 547 g/mol. The smallest absolute Gasteiger partial charge is 0.322 e. The number of halogens is 2. The topological polar surface area (TPSA) is 144 Å². The van der Waals surface area contributed by atoms with Crippen LogP contribution >= 0.6 is 15.9 Å². The number of hydrogen-bond donors (Lipinski definition) is 2. The number of rotatable bonds is 4. The van der Waals surface area contributed by atoms with Crippen LogP contribution in [0, 0.1) is 12.7 Å². The molecule has 0 fully saturated rings. The summed E-state index contributed by atoms with van der Waals surface area (Å²) >= 11 is 3.65. The minimum absolute atomic E-state index is 0.0317. The van der Waals surface area contributed by atoms with Gasteiger partial charge in [0, 0.05) is 29.2 Å². The molecule has 0 atom stereocenters. The summed E-state index contributed by atoms with van der Waals surface area (Å²) < 4.78 is 28.9. The van der Waals surface area contributed by atoms with Gasteiger partial charge in [0.25, 0.3) is 0 Å². The van der Waals surface area contributed by atoms with Crippen molar-refractivity contribution in [1.29, 1.82) is 0 Å². The molecule has 0 aliphatic rings. The van der Waals surface area contributed by atoms with Gasteiger partial charge in [-0.15, -0.1) is 0 Å². The van der Waals surface area contributed by atoms with Crippen molar-refractivity contribution in [3.63, 3.8) is 0 Å². The SMILES string of the molecule is Cc1ccnc(Oc2ccc(-n3c(-c4ccc(N)c5ncoc45)c(Br)c4ncnc(N)c43)cc2F)n1. The molecule has 0 amide bonds. The molecule has 0 saturated carbocycles. The van der Waals surface area contributed by atoms with Crippen LogP contribution in [0.3, 0.4) is 0 Å². The number of benzene rings is 2. The van der Waals surface area contributed by atoms with Crippen molar-refractivity contribution in [2.75, 3.05) is 11.5 Å². The Kier molecular flexibility index (Phi) is 5.04. The van der Waals surface area contributed by atoms with Gasteiger partial charge in [0.1, 0.15) is 22.9 Å². The Morgan fingerprint density at radius 3 is 2.69 bits per heavy atom. The second-order valence-corrected chi connectivity index (χ2v) is 8.68. The fourth-order valence-corrected chi connectivity index (χ4v) is 4.72. The molecule has 36 heavy (non-hydrogen) atoms. The van der Waals surface area contributed by atoms with Crippen molar-refractivity contribution < 1.29 is 13.5 Å². The van der Waals surface area contributed by atoms with Gasteiger partial charge in [0.2, 0.25) is 0 Å². The van der Waals surface area contributed by atoms with E-state index in [1.807, 2.05) is 0 Å². The lowest BCUT2D eigenvalue weighted by atomic mass is 10.1. The van der Waals surface area contributed by atoms with Crippen molar-refractivity contribution in [3.05, 3.63) is 71.3 Å². The Bertz CT molecular complexity index is 1800. The van der Waals surface area contributed by atoms with E-state index in [-0.39, 0.29) is 17.6 Å². The van der Waals surface area contributed by atoms with Crippen molar-refractivity contribution in [3.8, 4) is 28.7 Å². The minimum atomic E-state index is -0.626. The summed E-state index contributed by atoms with van der Waals surface area (Å²) in [6, 6.07) is 9.79. The number of aryl methyl sites for hydroxylation is 1. The zero-order valence-electron chi connectivity index (χ0n) is 18.6. The van der Waals surface area contributed by atoms with Crippen molar-refractivity contribution >= 4 is 49.6 Å². The van der Waals surface area contributed by atoms with Gasteiger partial charge in [-0.2, -0.15) is 0 Å². The Morgan fingerprint density at radius 2 is 1.89 bits per heavy atom. The number of fused-ring (bicyclic) bond motifs is 2. The van der Waals surface area contributed by atoms with Gasteiger partial charge < -0.3 is 25.2 Å². The van der Waals surface area contributed by atoms with Crippen molar-refractivity contribution in [2.45, 2.75) is 6.92 Å². The second kappa shape index (κ2) is 8.27. The number of oxazole rings is 1. The van der Waals surface area contributed by atoms with E-state index >= 15 is 4.39 Å². The molecule has 0 aliphatic carbocycles. The first-order valence-corrected chi connectivity index (χ1v) is 11.4. The molecular formula is C24H16BrFN8O2. The molecule has 6 aromatic rings. The van der Waals surface area contributed by atoms with Crippen LogP contribution in [0.25, 0.3) is 39.1 Å². The van der Waals surface area contributed by atoms with Crippen molar-refractivity contribution in [2.24, 2.45) is 0 Å². The summed E-state index contributed by atoms with van der Waals surface area (Å²) in [5.41, 5.74) is 17.2. The highest BCUT2D eigenvalue weighted by atomic mass is 79.9. The Hall–Kier alpha value is -4.58. The van der Waals surface area contributed by atoms with Crippen LogP contribution in [-0.2, 0) is 0 Å². The maximum atomic E-state index is 15.3. The van der Waals surface area contributed by atoms with Crippen LogP contribution in [-0.4, -0.2) is 29.5 Å². The number of ether oxygens (including phenoxy) is 1. The van der Waals surface area contributed by atoms with E-state index in [4.69, 9.17) is 20.6 Å². The van der Waals surface area contributed by atoms with E-state index in [1.165, 1.54) is 24.9 Å². The van der Waals surface area contributed by atoms with E-state index < -0.39 is 5.82 Å². The summed E-state index contributed by atoms with van der Waals surface area (Å²) in [6.45, 7) is 1.79. The molecule has 10 nitrogen and oxygen atoms in total. The lowest BCUT2D eigenvalue weighted by molar-refractivity contribution is 0.410. The maximum absolute atomic E-state index is 15.3. The molecule has 0 spiro atoms. The molecule has 12 heteroatoms. The van der Waals surface area contributed by atoms with E-state index in [0.29, 0.717) is 54.9 Å². The minimum Gasteiger partial charge on any atom is -0.443 e. The van der Waals surface area contributed by atoms with Gasteiger partial charge in [-0.3, -0.25) is 0 Å². The summed E-state index contributed by atoms with van der Waals surface area (Å²) in [6.07, 6.45) is 4.22. The first kappa shape index (κ1) is 21.9. The molecular weight excluding hydrogens is 531 g/mol. The standard InChI is InChI=1S/C24H16BrFN8O2/c1-11-6-7-29-24(33-11)36-16-5-2-12(8-14(16)26)34-20(17(25)19-21(34)23(28)31-9-30-19)13-3-4-15(27)18-22(13)35-10-32-18/h2-10H,27H2,1H3,(H2,28,30,31). The number of hydrogen-bond acceptors (Lipinski definition) is 9. The van der Waals surface area contributed by atoms with E-state index in [1.54, 1.807) is 42.0 Å². The Balaban J connectivity index is 1.58. The lowest BCUT2D eigenvalue weighted by Gasteiger charge is -2.14. The molecule has 4 N–H and O–H groups in total. The molecule has 0 aliphatic heterocycles. The average Bonchev–Trinajstić information content (AvgIpc) is 3.46. The molecule has 4 heterocycles. The molecule has 4 aromatic heterocycles. The first-order valence-electron chi connectivity index (χ1n) is 10.6. The number of anilines is 2. The monoisotopic (exact) mass is 546 g/mol. The van der Waals surface area contributed by atoms with Gasteiger partial charge in [0.15, 0.2) is 29.4 Å². The lowest BCUT2D eigenvalue weighted by Crippen LogP contribution is -2.03. The Morgan fingerprint density at radius 1 is 1.03 bits per heavy atom. The molecule has 0 radical (unpaired) electrons. The second-order valence-electron chi connectivity index (χ2n) is 7.88. The Labute approximate surface area is 210 Å². The highest BCUT2D eigenvalue weighted by molar-refractivity contribution is 9.10. The highest BCUT2D eigenvalue weighted by Gasteiger charge is 2.25. The third kappa shape index (κ3) is 3.41. The van der Waals surface area contributed by atoms with E-state index in [9.17, 15) is 0 Å². The fraction of sp³-hybridized carbons (Fsp3) is 0.0417. The van der Waals surface area contributed by atoms with Crippen LogP contribution in [0.5, 0.6) is 11.8 Å². The third-order valence-corrected chi connectivity index (χ3v) is 6.38. The number of nitrogens with zero attached hydrogens (tertiary/aromatic N) is 6. The largest absolute Gasteiger partial charge is 0.443 e. The molecule has 0 bridgehead atoms. The predicted molar refractivity (Wildman–Crippen MR) is 135 cm³/mol. The van der Waals surface area contributed by atoms with Gasteiger partial charge in [0.05, 0.1) is 15.9 Å². The van der Waals surface area contributed by atoms with Crippen LogP contribution in [0.15, 0.2) is 64.2 Å². The van der Waals surface area contributed by atoms with E-state index in [0.717, 1.165) is 0 Å². The summed E-state index contributed by atoms with van der Waals surface area (Å²) in [5, 5.41) is 0. The summed E-state index contributed by atoms with van der Waals surface area (Å²) in [5.74, 6) is -0.445. The normalized spacial score (nSPS) is 11.4.